The van der Waals surface area contributed by atoms with Crippen molar-refractivity contribution >= 4 is 38.8 Å². The van der Waals surface area contributed by atoms with Crippen LogP contribution in [0.1, 0.15) is 61.8 Å². The van der Waals surface area contributed by atoms with E-state index in [9.17, 15) is 18.1 Å². The van der Waals surface area contributed by atoms with E-state index in [1.54, 1.807) is 24.3 Å². The maximum absolute atomic E-state index is 11.9. The van der Waals surface area contributed by atoms with Crippen LogP contribution in [-0.2, 0) is 16.7 Å². The fraction of sp³-hybridized carbons (Fsp3) is 0.333. The Balaban J connectivity index is 2.70. The number of aliphatic hydroxyl groups excluding tert-OH is 1. The number of hydrogen-bond donors (Lipinski definition) is 1. The van der Waals surface area contributed by atoms with Crippen LogP contribution < -0.4 is 4.74 Å². The summed E-state index contributed by atoms with van der Waals surface area (Å²) in [7, 11) is -4.63. The summed E-state index contributed by atoms with van der Waals surface area (Å²) < 4.78 is 42.7. The van der Waals surface area contributed by atoms with Crippen molar-refractivity contribution in [2.75, 3.05) is 0 Å². The molecule has 0 radical (unpaired) electrons. The Bertz CT molecular complexity index is 965. The van der Waals surface area contributed by atoms with Crippen LogP contribution in [0.25, 0.3) is 6.08 Å². The van der Waals surface area contributed by atoms with Gasteiger partial charge in [-0.05, 0) is 75.4 Å². The molecule has 0 aliphatic heterocycles. The number of ether oxygens (including phenoxy) is 1. The molecule has 5 nitrogen and oxygen atoms in total. The van der Waals surface area contributed by atoms with Gasteiger partial charge in [-0.2, -0.15) is 0 Å². The van der Waals surface area contributed by atoms with E-state index in [4.69, 9.17) is 4.74 Å². The normalized spacial score (nSPS) is 11.9. The predicted octanol–water partition coefficient (Wildman–Crippen LogP) is 5.37. The van der Waals surface area contributed by atoms with E-state index < -0.39 is 10.1 Å². The molecule has 28 heavy (non-hydrogen) atoms. The molecule has 0 unspecified atom stereocenters. The van der Waals surface area contributed by atoms with E-state index in [0.29, 0.717) is 28.2 Å². The summed E-state index contributed by atoms with van der Waals surface area (Å²) in [6.07, 6.45) is 1.69. The lowest BCUT2D eigenvalue weighted by atomic mass is 9.95. The van der Waals surface area contributed by atoms with Crippen molar-refractivity contribution in [2.45, 2.75) is 51.0 Å². The standard InChI is InChI=1S/C21H25IO5S/c1-6-14-7-15(11-23)20(19(22)8-14)27-16-9-17(12(2)3)21(28(24,25)26)18(10-16)13(4)5/h6-10,12-13,23H,1,11H2,2-5H3,(H,24,25,26)/p-1. The highest BCUT2D eigenvalue weighted by atomic mass is 127. The molecule has 2 rings (SSSR count). The second kappa shape index (κ2) is 8.94. The van der Waals surface area contributed by atoms with Gasteiger partial charge in [-0.1, -0.05) is 40.3 Å². The fourth-order valence-electron chi connectivity index (χ4n) is 2.99. The summed E-state index contributed by atoms with van der Waals surface area (Å²) >= 11 is 2.12. The van der Waals surface area contributed by atoms with Gasteiger partial charge in [0.2, 0.25) is 0 Å². The van der Waals surface area contributed by atoms with Gasteiger partial charge in [0.25, 0.3) is 0 Å². The van der Waals surface area contributed by atoms with E-state index in [0.717, 1.165) is 9.13 Å². The minimum Gasteiger partial charge on any atom is -0.744 e. The molecular formula is C21H24IO5S-. The molecule has 0 fully saturated rings. The molecule has 7 heteroatoms. The Morgan fingerprint density at radius 3 is 2.07 bits per heavy atom. The zero-order chi connectivity index (χ0) is 21.2. The molecule has 0 amide bonds. The number of benzene rings is 2. The van der Waals surface area contributed by atoms with Gasteiger partial charge in [0.15, 0.2) is 0 Å². The maximum Gasteiger partial charge on any atom is 0.146 e. The summed E-state index contributed by atoms with van der Waals surface area (Å²) in [5, 5.41) is 9.74. The van der Waals surface area contributed by atoms with Crippen LogP contribution in [-0.4, -0.2) is 18.1 Å². The lowest BCUT2D eigenvalue weighted by Crippen LogP contribution is -2.11. The molecule has 152 valence electrons. The van der Waals surface area contributed by atoms with E-state index in [1.165, 1.54) is 0 Å². The quantitative estimate of drug-likeness (QED) is 0.396. The average Bonchev–Trinajstić information content (AvgIpc) is 2.61. The molecule has 0 saturated heterocycles. The minimum atomic E-state index is -4.63. The summed E-state index contributed by atoms with van der Waals surface area (Å²) in [5.74, 6) is 0.563. The molecular weight excluding hydrogens is 491 g/mol. The van der Waals surface area contributed by atoms with Gasteiger partial charge in [0.1, 0.15) is 21.6 Å². The Labute approximate surface area is 180 Å². The summed E-state index contributed by atoms with van der Waals surface area (Å²) in [4.78, 5) is -0.163. The van der Waals surface area contributed by atoms with Crippen LogP contribution >= 0.6 is 22.6 Å². The highest BCUT2D eigenvalue weighted by molar-refractivity contribution is 14.1. The smallest absolute Gasteiger partial charge is 0.146 e. The van der Waals surface area contributed by atoms with Crippen molar-refractivity contribution in [1.82, 2.24) is 0 Å². The fourth-order valence-corrected chi connectivity index (χ4v) is 4.98. The first kappa shape index (κ1) is 22.9. The molecule has 2 aromatic carbocycles. The van der Waals surface area contributed by atoms with E-state index in [2.05, 4.69) is 29.2 Å². The third-order valence-corrected chi connectivity index (χ3v) is 6.16. The lowest BCUT2D eigenvalue weighted by molar-refractivity contribution is 0.276. The molecule has 0 bridgehead atoms. The van der Waals surface area contributed by atoms with E-state index in [1.807, 2.05) is 33.8 Å². The van der Waals surface area contributed by atoms with Crippen molar-refractivity contribution in [3.63, 3.8) is 0 Å². The first-order valence-corrected chi connectivity index (χ1v) is 11.4. The number of halogens is 1. The van der Waals surface area contributed by atoms with E-state index in [-0.39, 0.29) is 23.3 Å². The molecule has 0 spiro atoms. The van der Waals surface area contributed by atoms with Crippen LogP contribution in [0.4, 0.5) is 0 Å². The highest BCUT2D eigenvalue weighted by Gasteiger charge is 2.22. The number of rotatable bonds is 7. The Morgan fingerprint density at radius 2 is 1.68 bits per heavy atom. The molecule has 0 aliphatic carbocycles. The van der Waals surface area contributed by atoms with Gasteiger partial charge in [-0.3, -0.25) is 0 Å². The van der Waals surface area contributed by atoms with Crippen molar-refractivity contribution in [1.29, 1.82) is 0 Å². The van der Waals surface area contributed by atoms with Crippen LogP contribution in [0.2, 0.25) is 0 Å². The van der Waals surface area contributed by atoms with E-state index >= 15 is 0 Å². The minimum absolute atomic E-state index is 0.163. The molecule has 0 aromatic heterocycles. The van der Waals surface area contributed by atoms with Crippen LogP contribution in [0, 0.1) is 3.57 Å². The topological polar surface area (TPSA) is 86.7 Å². The highest BCUT2D eigenvalue weighted by Crippen LogP contribution is 2.39. The van der Waals surface area contributed by atoms with Crippen molar-refractivity contribution in [2.24, 2.45) is 0 Å². The van der Waals surface area contributed by atoms with Gasteiger partial charge in [-0.25, -0.2) is 8.42 Å². The van der Waals surface area contributed by atoms with Gasteiger partial charge in [-0.15, -0.1) is 0 Å². The monoisotopic (exact) mass is 515 g/mol. The average molecular weight is 515 g/mol. The predicted molar refractivity (Wildman–Crippen MR) is 118 cm³/mol. The largest absolute Gasteiger partial charge is 0.744 e. The zero-order valence-electron chi connectivity index (χ0n) is 16.3. The summed E-state index contributed by atoms with van der Waals surface area (Å²) in [6, 6.07) is 6.86. The first-order valence-electron chi connectivity index (χ1n) is 8.86. The Hall–Kier alpha value is -1.42. The van der Waals surface area contributed by atoms with Gasteiger partial charge >= 0.3 is 0 Å². The molecule has 0 aliphatic rings. The third kappa shape index (κ3) is 4.94. The second-order valence-corrected chi connectivity index (χ2v) is 9.63. The SMILES string of the molecule is C=Cc1cc(I)c(Oc2cc(C(C)C)c(S(=O)(=O)[O-])c(C(C)C)c2)c(CO)c1. The van der Waals surface area contributed by atoms with Crippen molar-refractivity contribution < 1.29 is 22.8 Å². The summed E-state index contributed by atoms with van der Waals surface area (Å²) in [5.41, 5.74) is 2.32. The van der Waals surface area contributed by atoms with Gasteiger partial charge in [0.05, 0.1) is 15.1 Å². The second-order valence-electron chi connectivity index (χ2n) is 7.15. The first-order chi connectivity index (χ1) is 13.0. The number of aliphatic hydroxyl groups is 1. The van der Waals surface area contributed by atoms with Crippen LogP contribution in [0.5, 0.6) is 11.5 Å². The van der Waals surface area contributed by atoms with Crippen LogP contribution in [0.3, 0.4) is 0 Å². The van der Waals surface area contributed by atoms with Crippen LogP contribution in [0.15, 0.2) is 35.7 Å². The Morgan fingerprint density at radius 1 is 1.14 bits per heavy atom. The maximum atomic E-state index is 11.9. The molecule has 2 aromatic rings. The Kier molecular flexibility index (Phi) is 7.30. The molecule has 0 atom stereocenters. The molecule has 1 N–H and O–H groups in total. The summed E-state index contributed by atoms with van der Waals surface area (Å²) in [6.45, 7) is 10.9. The zero-order valence-corrected chi connectivity index (χ0v) is 19.3. The molecule has 0 saturated carbocycles. The lowest BCUT2D eigenvalue weighted by Gasteiger charge is -2.23. The molecule has 0 heterocycles. The third-order valence-electron chi connectivity index (χ3n) is 4.38. The van der Waals surface area contributed by atoms with Gasteiger partial charge < -0.3 is 14.4 Å². The van der Waals surface area contributed by atoms with Crippen molar-refractivity contribution in [3.8, 4) is 11.5 Å². The van der Waals surface area contributed by atoms with Crippen molar-refractivity contribution in [3.05, 3.63) is 56.7 Å². The van der Waals surface area contributed by atoms with Gasteiger partial charge in [0, 0.05) is 5.56 Å². The number of hydrogen-bond acceptors (Lipinski definition) is 5.